The molecule has 0 aromatic carbocycles. The Kier molecular flexibility index (Phi) is 3.23. The van der Waals surface area contributed by atoms with E-state index < -0.39 is 11.9 Å². The van der Waals surface area contributed by atoms with Crippen LogP contribution in [-0.2, 0) is 9.59 Å². The highest BCUT2D eigenvalue weighted by molar-refractivity contribution is 5.99. The molecule has 0 aromatic heterocycles. The number of rotatable bonds is 2. The Bertz CT molecular complexity index is 457. The number of allylic oxidation sites excluding steroid dienone is 7. The summed E-state index contributed by atoms with van der Waals surface area (Å²) in [6.45, 7) is 0.462. The van der Waals surface area contributed by atoms with Gasteiger partial charge in [0.15, 0.2) is 0 Å². The maximum absolute atomic E-state index is 11.9. The minimum atomic E-state index is -1.04. The third-order valence-electron chi connectivity index (χ3n) is 2.79. The van der Waals surface area contributed by atoms with Crippen molar-refractivity contribution in [2.24, 2.45) is 5.92 Å². The van der Waals surface area contributed by atoms with Crippen molar-refractivity contribution < 1.29 is 14.7 Å². The third-order valence-corrected chi connectivity index (χ3v) is 2.79. The van der Waals surface area contributed by atoms with Crippen LogP contribution in [0.25, 0.3) is 0 Å². The van der Waals surface area contributed by atoms with Crippen LogP contribution in [0, 0.1) is 5.92 Å². The molecule has 1 unspecified atom stereocenters. The SMILES string of the molecule is O=C(O)C1CCN(C2=C/C=C\C=C/C=C\2)C1=O. The summed E-state index contributed by atoms with van der Waals surface area (Å²) in [5, 5.41) is 8.89. The van der Waals surface area contributed by atoms with Crippen molar-refractivity contribution >= 4 is 11.9 Å². The second-order valence-electron chi connectivity index (χ2n) is 3.89. The van der Waals surface area contributed by atoms with Gasteiger partial charge < -0.3 is 10.0 Å². The van der Waals surface area contributed by atoms with Crippen molar-refractivity contribution in [3.05, 3.63) is 48.2 Å². The molecule has 1 saturated heterocycles. The van der Waals surface area contributed by atoms with E-state index in [0.29, 0.717) is 13.0 Å². The molecular formula is C13H13NO3. The highest BCUT2D eigenvalue weighted by Crippen LogP contribution is 2.23. The number of amides is 1. The lowest BCUT2D eigenvalue weighted by molar-refractivity contribution is -0.147. The first-order chi connectivity index (χ1) is 8.20. The summed E-state index contributed by atoms with van der Waals surface area (Å²) in [6, 6.07) is 0. The molecule has 1 aliphatic carbocycles. The summed E-state index contributed by atoms with van der Waals surface area (Å²) in [7, 11) is 0. The summed E-state index contributed by atoms with van der Waals surface area (Å²) >= 11 is 0. The molecule has 0 radical (unpaired) electrons. The Balaban J connectivity index is 2.19. The van der Waals surface area contributed by atoms with Gasteiger partial charge in [-0.1, -0.05) is 30.4 Å². The molecule has 0 bridgehead atoms. The largest absolute Gasteiger partial charge is 0.481 e. The van der Waals surface area contributed by atoms with E-state index in [-0.39, 0.29) is 5.91 Å². The van der Waals surface area contributed by atoms with Crippen LogP contribution >= 0.6 is 0 Å². The van der Waals surface area contributed by atoms with E-state index in [1.165, 1.54) is 4.90 Å². The number of carbonyl (C=O) groups excluding carboxylic acids is 1. The second kappa shape index (κ2) is 4.82. The summed E-state index contributed by atoms with van der Waals surface area (Å²) in [6.07, 6.45) is 13.3. The Hall–Kier alpha value is -2.10. The van der Waals surface area contributed by atoms with Gasteiger partial charge in [0, 0.05) is 12.2 Å². The summed E-state index contributed by atoms with van der Waals surface area (Å²) in [4.78, 5) is 24.3. The van der Waals surface area contributed by atoms with Gasteiger partial charge in [0.05, 0.1) is 0 Å². The van der Waals surface area contributed by atoms with Gasteiger partial charge >= 0.3 is 5.97 Å². The molecule has 2 rings (SSSR count). The van der Waals surface area contributed by atoms with Gasteiger partial charge in [-0.05, 0) is 18.6 Å². The highest BCUT2D eigenvalue weighted by Gasteiger charge is 2.37. The van der Waals surface area contributed by atoms with Crippen LogP contribution < -0.4 is 0 Å². The summed E-state index contributed by atoms with van der Waals surface area (Å²) in [5.41, 5.74) is 0.736. The van der Waals surface area contributed by atoms with Crippen LogP contribution in [0.1, 0.15) is 6.42 Å². The molecular weight excluding hydrogens is 218 g/mol. The van der Waals surface area contributed by atoms with E-state index in [1.807, 2.05) is 42.5 Å². The molecule has 1 amide bonds. The van der Waals surface area contributed by atoms with Crippen molar-refractivity contribution in [1.82, 2.24) is 4.90 Å². The number of carboxylic acid groups (broad SMARTS) is 1. The molecule has 4 heteroatoms. The van der Waals surface area contributed by atoms with Crippen molar-refractivity contribution in [3.8, 4) is 0 Å². The topological polar surface area (TPSA) is 57.6 Å². The molecule has 0 spiro atoms. The fourth-order valence-corrected chi connectivity index (χ4v) is 1.90. The molecule has 1 heterocycles. The number of aliphatic carboxylic acids is 1. The average molecular weight is 231 g/mol. The first-order valence-corrected chi connectivity index (χ1v) is 5.46. The first-order valence-electron chi connectivity index (χ1n) is 5.46. The van der Waals surface area contributed by atoms with Crippen molar-refractivity contribution in [2.45, 2.75) is 6.42 Å². The minimum absolute atomic E-state index is 0.327. The molecule has 0 aromatic rings. The summed E-state index contributed by atoms with van der Waals surface area (Å²) < 4.78 is 0. The van der Waals surface area contributed by atoms with Crippen molar-refractivity contribution in [2.75, 3.05) is 6.54 Å². The molecule has 1 N–H and O–H groups in total. The number of nitrogens with zero attached hydrogens (tertiary/aromatic N) is 1. The average Bonchev–Trinajstić information content (AvgIpc) is 2.60. The molecule has 88 valence electrons. The van der Waals surface area contributed by atoms with Gasteiger partial charge in [0.2, 0.25) is 5.91 Å². The fourth-order valence-electron chi connectivity index (χ4n) is 1.90. The van der Waals surface area contributed by atoms with E-state index >= 15 is 0 Å². The van der Waals surface area contributed by atoms with E-state index in [4.69, 9.17) is 5.11 Å². The Morgan fingerprint density at radius 2 is 1.94 bits per heavy atom. The van der Waals surface area contributed by atoms with Gasteiger partial charge in [-0.3, -0.25) is 9.59 Å². The van der Waals surface area contributed by atoms with Gasteiger partial charge in [-0.2, -0.15) is 0 Å². The van der Waals surface area contributed by atoms with Crippen LogP contribution in [0.5, 0.6) is 0 Å². The predicted molar refractivity (Wildman–Crippen MR) is 63.0 cm³/mol. The van der Waals surface area contributed by atoms with Gasteiger partial charge in [-0.15, -0.1) is 0 Å². The number of likely N-dealkylation sites (tertiary alicyclic amines) is 1. The quantitative estimate of drug-likeness (QED) is 0.732. The van der Waals surface area contributed by atoms with Gasteiger partial charge in [0.25, 0.3) is 0 Å². The van der Waals surface area contributed by atoms with Crippen LogP contribution in [0.3, 0.4) is 0 Å². The number of carbonyl (C=O) groups is 2. The molecule has 1 fully saturated rings. The lowest BCUT2D eigenvalue weighted by atomic mass is 10.1. The monoisotopic (exact) mass is 231 g/mol. The maximum Gasteiger partial charge on any atom is 0.316 e. The van der Waals surface area contributed by atoms with Crippen molar-refractivity contribution in [3.63, 3.8) is 0 Å². The van der Waals surface area contributed by atoms with E-state index in [9.17, 15) is 9.59 Å². The van der Waals surface area contributed by atoms with Gasteiger partial charge in [0.1, 0.15) is 5.92 Å². The smallest absolute Gasteiger partial charge is 0.316 e. The number of hydrogen-bond acceptors (Lipinski definition) is 2. The number of hydrogen-bond donors (Lipinski definition) is 1. The fraction of sp³-hybridized carbons (Fsp3) is 0.231. The molecule has 1 atom stereocenters. The Labute approximate surface area is 99.2 Å². The van der Waals surface area contributed by atoms with Gasteiger partial charge in [-0.25, -0.2) is 0 Å². The van der Waals surface area contributed by atoms with E-state index in [1.54, 1.807) is 0 Å². The molecule has 4 nitrogen and oxygen atoms in total. The van der Waals surface area contributed by atoms with E-state index in [2.05, 4.69) is 0 Å². The zero-order chi connectivity index (χ0) is 12.3. The van der Waals surface area contributed by atoms with Crippen LogP contribution in [0.15, 0.2) is 48.2 Å². The number of carboxylic acids is 1. The Morgan fingerprint density at radius 1 is 1.24 bits per heavy atom. The van der Waals surface area contributed by atoms with Crippen molar-refractivity contribution in [1.29, 1.82) is 0 Å². The maximum atomic E-state index is 11.9. The zero-order valence-electron chi connectivity index (χ0n) is 9.24. The third kappa shape index (κ3) is 2.36. The first kappa shape index (κ1) is 11.4. The standard InChI is InChI=1S/C13H13NO3/c15-12-11(13(16)17)8-9-14(12)10-6-4-2-1-3-5-7-10/h1-7,11H,8-9H2,(H,16,17)/b2-1-,3-1?,4-2?,5-3-,6-4-,7-5?,10-6?,10-7+. The normalized spacial score (nSPS) is 32.2. The molecule has 2 aliphatic rings. The summed E-state index contributed by atoms with van der Waals surface area (Å²) in [5.74, 6) is -2.26. The van der Waals surface area contributed by atoms with Crippen LogP contribution in [0.4, 0.5) is 0 Å². The van der Waals surface area contributed by atoms with E-state index in [0.717, 1.165) is 5.70 Å². The minimum Gasteiger partial charge on any atom is -0.481 e. The highest BCUT2D eigenvalue weighted by atomic mass is 16.4. The lowest BCUT2D eigenvalue weighted by Gasteiger charge is -2.17. The zero-order valence-corrected chi connectivity index (χ0v) is 9.24. The van der Waals surface area contributed by atoms with Crippen LogP contribution in [0.2, 0.25) is 0 Å². The second-order valence-corrected chi connectivity index (χ2v) is 3.89. The molecule has 17 heavy (non-hydrogen) atoms. The molecule has 0 saturated carbocycles. The van der Waals surface area contributed by atoms with Crippen LogP contribution in [-0.4, -0.2) is 28.4 Å². The molecule has 1 aliphatic heterocycles. The lowest BCUT2D eigenvalue weighted by Crippen LogP contribution is -2.29. The predicted octanol–water partition coefficient (Wildman–Crippen LogP) is 1.49. The Morgan fingerprint density at radius 3 is 2.65 bits per heavy atom.